The van der Waals surface area contributed by atoms with Gasteiger partial charge in [0.2, 0.25) is 5.95 Å². The van der Waals surface area contributed by atoms with Crippen molar-refractivity contribution in [1.82, 2.24) is 14.5 Å². The average Bonchev–Trinajstić information content (AvgIpc) is 2.94. The van der Waals surface area contributed by atoms with Gasteiger partial charge in [-0.3, -0.25) is 4.57 Å². The van der Waals surface area contributed by atoms with Crippen molar-refractivity contribution >= 4 is 28.4 Å². The smallest absolute Gasteiger partial charge is 0.203 e. The summed E-state index contributed by atoms with van der Waals surface area (Å²) in [4.78, 5) is 8.68. The lowest BCUT2D eigenvalue weighted by Gasteiger charge is -2.13. The van der Waals surface area contributed by atoms with Gasteiger partial charge in [-0.15, -0.1) is 0 Å². The first-order chi connectivity index (χ1) is 8.27. The average molecular weight is 244 g/mol. The van der Waals surface area contributed by atoms with Crippen LogP contribution < -0.4 is 5.73 Å². The van der Waals surface area contributed by atoms with Gasteiger partial charge in [0.05, 0.1) is 6.04 Å². The van der Waals surface area contributed by atoms with Crippen molar-refractivity contribution in [2.24, 2.45) is 0 Å². The molecule has 5 heteroatoms. The highest BCUT2D eigenvalue weighted by Gasteiger charge is 2.16. The molecule has 0 bridgehead atoms. The third-order valence-corrected chi connectivity index (χ3v) is 3.59. The van der Waals surface area contributed by atoms with E-state index in [1.165, 1.54) is 5.56 Å². The standard InChI is InChI=1S/C12H12N4S/c1-8(9-4-6-17-7-9)16-11-10(15-12(16)13)3-2-5-14-11/h2-8H,1H3,(H2,13,15). The number of hydrogen-bond donors (Lipinski definition) is 1. The molecule has 3 heterocycles. The number of rotatable bonds is 2. The SMILES string of the molecule is CC(c1ccsc1)n1c(N)nc2cccnc21. The summed E-state index contributed by atoms with van der Waals surface area (Å²) in [7, 11) is 0. The fourth-order valence-electron chi connectivity index (χ4n) is 1.99. The first-order valence-corrected chi connectivity index (χ1v) is 6.32. The Balaban J connectivity index is 2.20. The van der Waals surface area contributed by atoms with Gasteiger partial charge in [-0.2, -0.15) is 11.3 Å². The molecule has 0 aliphatic heterocycles. The molecular weight excluding hydrogens is 232 g/mol. The third kappa shape index (κ3) is 1.59. The Kier molecular flexibility index (Phi) is 2.33. The second-order valence-corrected chi connectivity index (χ2v) is 4.70. The van der Waals surface area contributed by atoms with Gasteiger partial charge in [0.1, 0.15) is 5.52 Å². The van der Waals surface area contributed by atoms with E-state index < -0.39 is 0 Å². The Labute approximate surface area is 103 Å². The molecule has 86 valence electrons. The van der Waals surface area contributed by atoms with Gasteiger partial charge in [0.15, 0.2) is 5.65 Å². The zero-order valence-corrected chi connectivity index (χ0v) is 10.2. The molecule has 0 radical (unpaired) electrons. The van der Waals surface area contributed by atoms with Gasteiger partial charge in [0.25, 0.3) is 0 Å². The molecule has 0 spiro atoms. The van der Waals surface area contributed by atoms with Crippen molar-refractivity contribution in [2.75, 3.05) is 5.73 Å². The van der Waals surface area contributed by atoms with E-state index in [0.717, 1.165) is 11.2 Å². The highest BCUT2D eigenvalue weighted by atomic mass is 32.1. The van der Waals surface area contributed by atoms with E-state index >= 15 is 0 Å². The molecule has 0 saturated heterocycles. The number of nitrogens with two attached hydrogens (primary N) is 1. The van der Waals surface area contributed by atoms with Gasteiger partial charge < -0.3 is 5.73 Å². The van der Waals surface area contributed by atoms with Crippen LogP contribution in [-0.4, -0.2) is 14.5 Å². The number of pyridine rings is 1. The molecule has 0 amide bonds. The molecule has 0 aromatic carbocycles. The van der Waals surface area contributed by atoms with E-state index in [1.54, 1.807) is 17.5 Å². The predicted octanol–water partition coefficient (Wildman–Crippen LogP) is 2.68. The molecule has 3 aromatic rings. The van der Waals surface area contributed by atoms with Crippen molar-refractivity contribution in [2.45, 2.75) is 13.0 Å². The Bertz CT molecular complexity index is 642. The topological polar surface area (TPSA) is 56.7 Å². The summed E-state index contributed by atoms with van der Waals surface area (Å²) in [6.07, 6.45) is 1.76. The number of nitrogens with zero attached hydrogens (tertiary/aromatic N) is 3. The zero-order chi connectivity index (χ0) is 11.8. The highest BCUT2D eigenvalue weighted by Crippen LogP contribution is 2.26. The van der Waals surface area contributed by atoms with Crippen LogP contribution in [0.1, 0.15) is 18.5 Å². The quantitative estimate of drug-likeness (QED) is 0.754. The summed E-state index contributed by atoms with van der Waals surface area (Å²) < 4.78 is 1.97. The van der Waals surface area contributed by atoms with E-state index in [-0.39, 0.29) is 6.04 Å². The van der Waals surface area contributed by atoms with Crippen LogP contribution >= 0.6 is 11.3 Å². The molecule has 3 rings (SSSR count). The summed E-state index contributed by atoms with van der Waals surface area (Å²) in [6, 6.07) is 6.05. The van der Waals surface area contributed by atoms with Crippen molar-refractivity contribution in [3.63, 3.8) is 0 Å². The Morgan fingerprint density at radius 1 is 1.41 bits per heavy atom. The number of nitrogen functional groups attached to an aromatic ring is 1. The summed E-state index contributed by atoms with van der Waals surface area (Å²) in [5.74, 6) is 0.511. The minimum Gasteiger partial charge on any atom is -0.369 e. The number of imidazole rings is 1. The predicted molar refractivity (Wildman–Crippen MR) is 70.1 cm³/mol. The van der Waals surface area contributed by atoms with E-state index in [2.05, 4.69) is 33.7 Å². The highest BCUT2D eigenvalue weighted by molar-refractivity contribution is 7.07. The number of fused-ring (bicyclic) bond motifs is 1. The van der Waals surface area contributed by atoms with Crippen LogP contribution in [0.15, 0.2) is 35.2 Å². The second-order valence-electron chi connectivity index (χ2n) is 3.92. The van der Waals surface area contributed by atoms with Crippen molar-refractivity contribution in [3.8, 4) is 0 Å². The van der Waals surface area contributed by atoms with Crippen molar-refractivity contribution < 1.29 is 0 Å². The van der Waals surface area contributed by atoms with Crippen LogP contribution in [0, 0.1) is 0 Å². The fourth-order valence-corrected chi connectivity index (χ4v) is 2.74. The minimum atomic E-state index is 0.154. The van der Waals surface area contributed by atoms with Gasteiger partial charge in [-0.1, -0.05) is 0 Å². The van der Waals surface area contributed by atoms with Crippen LogP contribution in [0.2, 0.25) is 0 Å². The molecule has 3 aromatic heterocycles. The summed E-state index contributed by atoms with van der Waals surface area (Å²) in [6.45, 7) is 2.11. The lowest BCUT2D eigenvalue weighted by molar-refractivity contribution is 0.665. The number of anilines is 1. The normalized spacial score (nSPS) is 13.0. The molecule has 1 atom stereocenters. The molecule has 1 unspecified atom stereocenters. The minimum absolute atomic E-state index is 0.154. The molecule has 2 N–H and O–H groups in total. The Morgan fingerprint density at radius 3 is 3.06 bits per heavy atom. The molecule has 4 nitrogen and oxygen atoms in total. The van der Waals surface area contributed by atoms with Gasteiger partial charge >= 0.3 is 0 Å². The van der Waals surface area contributed by atoms with Gasteiger partial charge in [-0.05, 0) is 41.4 Å². The van der Waals surface area contributed by atoms with Crippen LogP contribution in [-0.2, 0) is 0 Å². The van der Waals surface area contributed by atoms with E-state index in [9.17, 15) is 0 Å². The maximum absolute atomic E-state index is 5.98. The van der Waals surface area contributed by atoms with Crippen LogP contribution in [0.3, 0.4) is 0 Å². The maximum atomic E-state index is 5.98. The zero-order valence-electron chi connectivity index (χ0n) is 9.37. The maximum Gasteiger partial charge on any atom is 0.203 e. The van der Waals surface area contributed by atoms with Crippen LogP contribution in [0.5, 0.6) is 0 Å². The molecular formula is C12H12N4S. The lowest BCUT2D eigenvalue weighted by atomic mass is 10.2. The first kappa shape index (κ1) is 10.3. The number of thiophene rings is 1. The van der Waals surface area contributed by atoms with Gasteiger partial charge in [0, 0.05) is 6.20 Å². The summed E-state index contributed by atoms with van der Waals surface area (Å²) in [5.41, 5.74) is 8.88. The number of hydrogen-bond acceptors (Lipinski definition) is 4. The number of aromatic nitrogens is 3. The Morgan fingerprint density at radius 2 is 2.29 bits per heavy atom. The summed E-state index contributed by atoms with van der Waals surface area (Å²) >= 11 is 1.68. The monoisotopic (exact) mass is 244 g/mol. The molecule has 0 saturated carbocycles. The molecule has 0 aliphatic rings. The van der Waals surface area contributed by atoms with Crippen molar-refractivity contribution in [3.05, 3.63) is 40.7 Å². The molecule has 0 aliphatic carbocycles. The third-order valence-electron chi connectivity index (χ3n) is 2.89. The lowest BCUT2D eigenvalue weighted by Crippen LogP contribution is -2.09. The Hall–Kier alpha value is -1.88. The largest absolute Gasteiger partial charge is 0.369 e. The van der Waals surface area contributed by atoms with E-state index in [0.29, 0.717) is 5.95 Å². The van der Waals surface area contributed by atoms with Crippen LogP contribution in [0.4, 0.5) is 5.95 Å². The summed E-state index contributed by atoms with van der Waals surface area (Å²) in [5, 5.41) is 4.19. The second kappa shape index (κ2) is 3.85. The van der Waals surface area contributed by atoms with Crippen LogP contribution in [0.25, 0.3) is 11.2 Å². The van der Waals surface area contributed by atoms with E-state index in [4.69, 9.17) is 5.73 Å². The first-order valence-electron chi connectivity index (χ1n) is 5.38. The van der Waals surface area contributed by atoms with E-state index in [1.807, 2.05) is 16.7 Å². The molecule has 0 fully saturated rings. The molecule has 17 heavy (non-hydrogen) atoms. The van der Waals surface area contributed by atoms with Gasteiger partial charge in [-0.25, -0.2) is 9.97 Å². The van der Waals surface area contributed by atoms with Crippen molar-refractivity contribution in [1.29, 1.82) is 0 Å². The fraction of sp³-hybridized carbons (Fsp3) is 0.167.